The zero-order valence-electron chi connectivity index (χ0n) is 25.8. The third kappa shape index (κ3) is 4.07. The molecule has 9 rings (SSSR count). The fraction of sp³-hybridized carbons (Fsp3) is 0. The Bertz CT molecular complexity index is 2710. The van der Waals surface area contributed by atoms with Crippen molar-refractivity contribution in [3.05, 3.63) is 169 Å². The number of nitriles is 2. The monoisotopic (exact) mass is 610 g/mol. The molecule has 0 aliphatic heterocycles. The lowest BCUT2D eigenvalue weighted by Gasteiger charge is -2.16. The second kappa shape index (κ2) is 10.9. The van der Waals surface area contributed by atoms with Crippen LogP contribution in [0.5, 0.6) is 0 Å². The Labute approximate surface area is 277 Å². The van der Waals surface area contributed by atoms with Crippen LogP contribution in [0.2, 0.25) is 0 Å². The lowest BCUT2D eigenvalue weighted by atomic mass is 9.93. The molecular formula is C44H26N4. The smallest absolute Gasteiger partial charge is 0.101 e. The molecule has 7 aromatic carbocycles. The van der Waals surface area contributed by atoms with Crippen molar-refractivity contribution in [3.63, 3.8) is 0 Å². The molecular weight excluding hydrogens is 585 g/mol. The van der Waals surface area contributed by atoms with E-state index in [0.717, 1.165) is 66.5 Å². The minimum absolute atomic E-state index is 0.541. The van der Waals surface area contributed by atoms with Crippen LogP contribution in [0.25, 0.3) is 77.2 Å². The summed E-state index contributed by atoms with van der Waals surface area (Å²) in [5, 5.41) is 25.4. The average molecular weight is 611 g/mol. The van der Waals surface area contributed by atoms with E-state index in [0.29, 0.717) is 11.1 Å². The van der Waals surface area contributed by atoms with E-state index in [-0.39, 0.29) is 0 Å². The predicted octanol–water partition coefficient (Wildman–Crippen LogP) is 11.0. The lowest BCUT2D eigenvalue weighted by Crippen LogP contribution is -1.99. The van der Waals surface area contributed by atoms with Crippen molar-refractivity contribution < 1.29 is 0 Å². The van der Waals surface area contributed by atoms with Gasteiger partial charge in [-0.25, -0.2) is 0 Å². The lowest BCUT2D eigenvalue weighted by molar-refractivity contribution is 1.17. The van der Waals surface area contributed by atoms with Crippen molar-refractivity contribution in [2.45, 2.75) is 0 Å². The first kappa shape index (κ1) is 27.4. The first-order chi connectivity index (χ1) is 23.7. The van der Waals surface area contributed by atoms with Crippen molar-refractivity contribution in [1.29, 1.82) is 10.5 Å². The van der Waals surface area contributed by atoms with E-state index < -0.39 is 0 Å². The summed E-state index contributed by atoms with van der Waals surface area (Å²) in [6.45, 7) is 0. The Morgan fingerprint density at radius 2 is 0.792 bits per heavy atom. The molecule has 48 heavy (non-hydrogen) atoms. The zero-order valence-corrected chi connectivity index (χ0v) is 25.8. The average Bonchev–Trinajstić information content (AvgIpc) is 3.67. The van der Waals surface area contributed by atoms with Gasteiger partial charge < -0.3 is 9.13 Å². The van der Waals surface area contributed by atoms with Crippen molar-refractivity contribution in [2.75, 3.05) is 0 Å². The molecule has 0 bridgehead atoms. The second-order valence-corrected chi connectivity index (χ2v) is 12.0. The van der Waals surface area contributed by atoms with Crippen molar-refractivity contribution in [2.24, 2.45) is 0 Å². The van der Waals surface area contributed by atoms with E-state index in [4.69, 9.17) is 0 Å². The molecule has 222 valence electrons. The number of aromatic nitrogens is 2. The summed E-state index contributed by atoms with van der Waals surface area (Å²) in [6, 6.07) is 58.8. The maximum absolute atomic E-state index is 10.5. The minimum atomic E-state index is 0.541. The quantitative estimate of drug-likeness (QED) is 0.199. The van der Waals surface area contributed by atoms with Gasteiger partial charge in [0, 0.05) is 32.7 Å². The van der Waals surface area contributed by atoms with Crippen LogP contribution in [0.1, 0.15) is 11.1 Å². The van der Waals surface area contributed by atoms with Gasteiger partial charge in [0.05, 0.1) is 50.6 Å². The fourth-order valence-corrected chi connectivity index (χ4v) is 7.31. The van der Waals surface area contributed by atoms with Gasteiger partial charge in [-0.2, -0.15) is 10.5 Å². The molecule has 0 atom stereocenters. The Morgan fingerprint density at radius 1 is 0.354 bits per heavy atom. The maximum atomic E-state index is 10.5. The molecule has 0 fully saturated rings. The summed E-state index contributed by atoms with van der Waals surface area (Å²) < 4.78 is 4.49. The SMILES string of the molecule is N#Cc1ccc(-c2ccccc2-n2c3ccccc3c3ccccc32)cc1-c1ccc(-n2c3ccccc3c3ccccc32)c(C#N)c1. The van der Waals surface area contributed by atoms with Crippen LogP contribution in [0.3, 0.4) is 0 Å². The highest BCUT2D eigenvalue weighted by Gasteiger charge is 2.18. The molecule has 0 aliphatic rings. The first-order valence-corrected chi connectivity index (χ1v) is 15.9. The van der Waals surface area contributed by atoms with Gasteiger partial charge in [-0.3, -0.25) is 0 Å². The number of hydrogen-bond acceptors (Lipinski definition) is 2. The van der Waals surface area contributed by atoms with Crippen molar-refractivity contribution >= 4 is 43.6 Å². The number of rotatable bonds is 4. The molecule has 9 aromatic rings. The molecule has 2 heterocycles. The molecule has 0 aliphatic carbocycles. The molecule has 0 radical (unpaired) electrons. The van der Waals surface area contributed by atoms with Gasteiger partial charge in [-0.1, -0.05) is 103 Å². The standard InChI is InChI=1S/C44H26N4/c45-27-31-22-21-30(33-11-1-6-16-40(33)48-43-19-9-4-14-36(43)37-15-5-10-20-44(37)48)26-38(31)29-23-24-39(32(25-29)28-46)47-41-17-7-2-12-34(41)35-13-3-8-18-42(35)47/h1-26H. The number of hydrogen-bond donors (Lipinski definition) is 0. The molecule has 0 spiro atoms. The molecule has 4 heteroatoms. The van der Waals surface area contributed by atoms with Crippen LogP contribution in [0, 0.1) is 22.7 Å². The number of nitrogens with zero attached hydrogens (tertiary/aromatic N) is 4. The molecule has 0 N–H and O–H groups in total. The van der Waals surface area contributed by atoms with Gasteiger partial charge in [0.25, 0.3) is 0 Å². The second-order valence-electron chi connectivity index (χ2n) is 12.0. The van der Waals surface area contributed by atoms with E-state index >= 15 is 0 Å². The molecule has 2 aromatic heterocycles. The first-order valence-electron chi connectivity index (χ1n) is 15.9. The Morgan fingerprint density at radius 3 is 1.33 bits per heavy atom. The highest BCUT2D eigenvalue weighted by molar-refractivity contribution is 6.10. The molecule has 0 saturated heterocycles. The summed E-state index contributed by atoms with van der Waals surface area (Å²) in [5.41, 5.74) is 11.0. The van der Waals surface area contributed by atoms with Crippen LogP contribution in [0.15, 0.2) is 158 Å². The van der Waals surface area contributed by atoms with Gasteiger partial charge in [0.2, 0.25) is 0 Å². The predicted molar refractivity (Wildman–Crippen MR) is 195 cm³/mol. The number of fused-ring (bicyclic) bond motifs is 6. The highest BCUT2D eigenvalue weighted by Crippen LogP contribution is 2.39. The molecule has 0 amide bonds. The van der Waals surface area contributed by atoms with Gasteiger partial charge in [-0.05, 0) is 65.7 Å². The van der Waals surface area contributed by atoms with Crippen LogP contribution in [-0.4, -0.2) is 9.13 Å². The number of para-hydroxylation sites is 5. The summed E-state index contributed by atoms with van der Waals surface area (Å²) >= 11 is 0. The van der Waals surface area contributed by atoms with Crippen LogP contribution < -0.4 is 0 Å². The van der Waals surface area contributed by atoms with Gasteiger partial charge in [-0.15, -0.1) is 0 Å². The van der Waals surface area contributed by atoms with Crippen LogP contribution in [0.4, 0.5) is 0 Å². The highest BCUT2D eigenvalue weighted by atomic mass is 15.0. The van der Waals surface area contributed by atoms with E-state index in [1.165, 1.54) is 10.8 Å². The van der Waals surface area contributed by atoms with Crippen LogP contribution >= 0.6 is 0 Å². The molecule has 4 nitrogen and oxygen atoms in total. The molecule has 0 saturated carbocycles. The maximum Gasteiger partial charge on any atom is 0.101 e. The van der Waals surface area contributed by atoms with E-state index in [2.05, 4.69) is 124 Å². The van der Waals surface area contributed by atoms with E-state index in [1.807, 2.05) is 54.6 Å². The van der Waals surface area contributed by atoms with Crippen LogP contribution in [-0.2, 0) is 0 Å². The summed E-state index contributed by atoms with van der Waals surface area (Å²) in [5.74, 6) is 0. The van der Waals surface area contributed by atoms with Gasteiger partial charge in [0.15, 0.2) is 0 Å². The third-order valence-electron chi connectivity index (χ3n) is 9.43. The Balaban J connectivity index is 1.22. The molecule has 0 unspecified atom stereocenters. The van der Waals surface area contributed by atoms with E-state index in [9.17, 15) is 10.5 Å². The Kier molecular flexibility index (Phi) is 6.22. The normalized spacial score (nSPS) is 11.3. The van der Waals surface area contributed by atoms with Crippen molar-refractivity contribution in [1.82, 2.24) is 9.13 Å². The summed E-state index contributed by atoms with van der Waals surface area (Å²) in [6.07, 6.45) is 0. The zero-order chi connectivity index (χ0) is 32.2. The summed E-state index contributed by atoms with van der Waals surface area (Å²) in [4.78, 5) is 0. The van der Waals surface area contributed by atoms with Gasteiger partial charge >= 0.3 is 0 Å². The van der Waals surface area contributed by atoms with Gasteiger partial charge in [0.1, 0.15) is 6.07 Å². The summed E-state index contributed by atoms with van der Waals surface area (Å²) in [7, 11) is 0. The topological polar surface area (TPSA) is 57.4 Å². The number of benzene rings is 7. The minimum Gasteiger partial charge on any atom is -0.309 e. The largest absolute Gasteiger partial charge is 0.309 e. The van der Waals surface area contributed by atoms with E-state index in [1.54, 1.807) is 0 Å². The van der Waals surface area contributed by atoms with Crippen molar-refractivity contribution in [3.8, 4) is 45.8 Å². The fourth-order valence-electron chi connectivity index (χ4n) is 7.31. The third-order valence-corrected chi connectivity index (χ3v) is 9.43. The Hall–Kier alpha value is -6.88.